The van der Waals surface area contributed by atoms with Gasteiger partial charge in [-0.2, -0.15) is 0 Å². The van der Waals surface area contributed by atoms with Crippen LogP contribution >= 0.6 is 0 Å². The van der Waals surface area contributed by atoms with Crippen molar-refractivity contribution in [1.82, 2.24) is 5.32 Å². The van der Waals surface area contributed by atoms with Gasteiger partial charge in [0.25, 0.3) is 0 Å². The van der Waals surface area contributed by atoms with Gasteiger partial charge in [-0.05, 0) is 38.5 Å². The average Bonchev–Trinajstić information content (AvgIpc) is 3.16. The highest BCUT2D eigenvalue weighted by atomic mass is 16.5. The molecule has 3 unspecified atom stereocenters. The maximum atomic E-state index is 13.1. The van der Waals surface area contributed by atoms with Crippen molar-refractivity contribution in [2.75, 3.05) is 6.61 Å². The van der Waals surface area contributed by atoms with Crippen molar-refractivity contribution in [3.05, 3.63) is 60.8 Å². The van der Waals surface area contributed by atoms with Crippen LogP contribution in [0.15, 0.2) is 60.8 Å². The van der Waals surface area contributed by atoms with E-state index in [1.165, 1.54) is 103 Å². The van der Waals surface area contributed by atoms with Gasteiger partial charge in [0.15, 0.2) is 0 Å². The van der Waals surface area contributed by atoms with E-state index in [1.807, 2.05) is 54.7 Å². The summed E-state index contributed by atoms with van der Waals surface area (Å²) < 4.78 is 5.83. The predicted octanol–water partition coefficient (Wildman–Crippen LogP) is 12.9. The van der Waals surface area contributed by atoms with Crippen molar-refractivity contribution in [1.29, 1.82) is 0 Å². The molecule has 0 bridgehead atoms. The standard InChI is InChI=1S/C48H85NO5/c1-4-7-10-13-16-18-20-22-23-25-26-28-31-34-37-40-46(51)45(43-50)49-47(52)42-44(39-36-33-30-15-12-9-6-3)54-48(53)41-38-35-32-29-27-24-21-19-17-14-11-8-5-2/h8,11,14,17,19,21,24,27,29,32,44-46,50-51H,4-7,9-10,12-13,15-16,18,20,22-23,25-26,28,30-31,33-43H2,1-3H3,(H,49,52)/b11-8+,17-14+,21-19-,27-24-,32-29+. The molecule has 54 heavy (non-hydrogen) atoms. The van der Waals surface area contributed by atoms with Gasteiger partial charge in [0.1, 0.15) is 6.10 Å². The van der Waals surface area contributed by atoms with Gasteiger partial charge in [-0.25, -0.2) is 0 Å². The number of allylic oxidation sites excluding steroid dienone is 10. The fourth-order valence-corrected chi connectivity index (χ4v) is 6.58. The molecule has 0 saturated carbocycles. The summed E-state index contributed by atoms with van der Waals surface area (Å²) in [6.45, 7) is 6.27. The minimum absolute atomic E-state index is 0.0477. The molecule has 0 aromatic carbocycles. The number of esters is 1. The summed E-state index contributed by atoms with van der Waals surface area (Å²) in [6.07, 6.45) is 50.1. The molecule has 1 amide bonds. The second-order valence-electron chi connectivity index (χ2n) is 15.2. The monoisotopic (exact) mass is 756 g/mol. The summed E-state index contributed by atoms with van der Waals surface area (Å²) in [5.41, 5.74) is 0. The van der Waals surface area contributed by atoms with Crippen molar-refractivity contribution in [3.63, 3.8) is 0 Å². The van der Waals surface area contributed by atoms with E-state index >= 15 is 0 Å². The van der Waals surface area contributed by atoms with Crippen LogP contribution < -0.4 is 5.32 Å². The van der Waals surface area contributed by atoms with E-state index in [0.29, 0.717) is 25.7 Å². The third-order valence-corrected chi connectivity index (χ3v) is 9.99. The molecular weight excluding hydrogens is 671 g/mol. The Morgan fingerprint density at radius 1 is 0.556 bits per heavy atom. The smallest absolute Gasteiger partial charge is 0.306 e. The van der Waals surface area contributed by atoms with E-state index in [9.17, 15) is 19.8 Å². The lowest BCUT2D eigenvalue weighted by molar-refractivity contribution is -0.151. The highest BCUT2D eigenvalue weighted by Crippen LogP contribution is 2.17. The summed E-state index contributed by atoms with van der Waals surface area (Å²) in [6, 6.07) is -0.713. The molecular formula is C48H85NO5. The number of aliphatic hydroxyl groups is 2. The Morgan fingerprint density at radius 3 is 1.44 bits per heavy atom. The predicted molar refractivity (Wildman–Crippen MR) is 232 cm³/mol. The average molecular weight is 756 g/mol. The molecule has 0 fully saturated rings. The minimum Gasteiger partial charge on any atom is -0.462 e. The third kappa shape index (κ3) is 36.5. The van der Waals surface area contributed by atoms with Gasteiger partial charge in [0, 0.05) is 6.42 Å². The number of carbonyl (C=O) groups is 2. The van der Waals surface area contributed by atoms with Gasteiger partial charge in [-0.1, -0.05) is 216 Å². The lowest BCUT2D eigenvalue weighted by atomic mass is 10.0. The van der Waals surface area contributed by atoms with Crippen molar-refractivity contribution >= 4 is 11.9 Å². The molecule has 0 saturated heterocycles. The number of carbonyl (C=O) groups excluding carboxylic acids is 2. The lowest BCUT2D eigenvalue weighted by Crippen LogP contribution is -2.46. The number of rotatable bonds is 39. The van der Waals surface area contributed by atoms with E-state index in [-0.39, 0.29) is 24.9 Å². The topological polar surface area (TPSA) is 95.9 Å². The Kier molecular flexibility index (Phi) is 39.8. The molecule has 0 aliphatic heterocycles. The maximum absolute atomic E-state index is 13.1. The van der Waals surface area contributed by atoms with Crippen LogP contribution in [0, 0.1) is 0 Å². The first-order chi connectivity index (χ1) is 26.5. The highest BCUT2D eigenvalue weighted by molar-refractivity contribution is 5.77. The minimum atomic E-state index is -0.797. The molecule has 0 spiro atoms. The molecule has 0 aliphatic carbocycles. The van der Waals surface area contributed by atoms with Crippen LogP contribution in [0.3, 0.4) is 0 Å². The van der Waals surface area contributed by atoms with E-state index < -0.39 is 18.2 Å². The van der Waals surface area contributed by atoms with Gasteiger partial charge >= 0.3 is 5.97 Å². The first-order valence-corrected chi connectivity index (χ1v) is 22.6. The van der Waals surface area contributed by atoms with Crippen LogP contribution in [0.25, 0.3) is 0 Å². The largest absolute Gasteiger partial charge is 0.462 e. The quantitative estimate of drug-likeness (QED) is 0.0330. The van der Waals surface area contributed by atoms with Gasteiger partial charge in [-0.3, -0.25) is 9.59 Å². The summed E-state index contributed by atoms with van der Waals surface area (Å²) in [5, 5.41) is 23.6. The zero-order valence-electron chi connectivity index (χ0n) is 35.3. The zero-order valence-corrected chi connectivity index (χ0v) is 35.3. The molecule has 0 radical (unpaired) electrons. The molecule has 6 heteroatoms. The number of hydrogen-bond acceptors (Lipinski definition) is 5. The summed E-state index contributed by atoms with van der Waals surface area (Å²) in [7, 11) is 0. The normalized spacial score (nSPS) is 13.9. The van der Waals surface area contributed by atoms with E-state index in [0.717, 1.165) is 51.4 Å². The van der Waals surface area contributed by atoms with E-state index in [2.05, 4.69) is 32.2 Å². The second-order valence-corrected chi connectivity index (χ2v) is 15.2. The molecule has 0 aromatic heterocycles. The summed E-state index contributed by atoms with van der Waals surface area (Å²) in [4.78, 5) is 25.8. The second kappa shape index (κ2) is 41.7. The van der Waals surface area contributed by atoms with Crippen molar-refractivity contribution in [2.45, 2.75) is 225 Å². The number of aliphatic hydroxyl groups excluding tert-OH is 2. The van der Waals surface area contributed by atoms with E-state index in [4.69, 9.17) is 4.74 Å². The lowest BCUT2D eigenvalue weighted by Gasteiger charge is -2.24. The first-order valence-electron chi connectivity index (χ1n) is 22.6. The van der Waals surface area contributed by atoms with Crippen LogP contribution in [0.1, 0.15) is 207 Å². The molecule has 6 nitrogen and oxygen atoms in total. The number of amides is 1. The number of nitrogens with one attached hydrogen (secondary N) is 1. The molecule has 3 atom stereocenters. The number of ether oxygens (including phenoxy) is 1. The third-order valence-electron chi connectivity index (χ3n) is 9.99. The first kappa shape index (κ1) is 51.6. The fraction of sp³-hybridized carbons (Fsp3) is 0.750. The molecule has 0 aromatic rings. The van der Waals surface area contributed by atoms with Crippen molar-refractivity contribution in [2.24, 2.45) is 0 Å². The fourth-order valence-electron chi connectivity index (χ4n) is 6.58. The van der Waals surface area contributed by atoms with Crippen molar-refractivity contribution < 1.29 is 24.5 Å². The van der Waals surface area contributed by atoms with Gasteiger partial charge in [0.05, 0.1) is 25.2 Å². The van der Waals surface area contributed by atoms with Crippen LogP contribution in [0.4, 0.5) is 0 Å². The van der Waals surface area contributed by atoms with Crippen LogP contribution in [0.2, 0.25) is 0 Å². The van der Waals surface area contributed by atoms with E-state index in [1.54, 1.807) is 0 Å². The van der Waals surface area contributed by atoms with Crippen LogP contribution in [-0.4, -0.2) is 46.9 Å². The van der Waals surface area contributed by atoms with Gasteiger partial charge in [0.2, 0.25) is 5.91 Å². The van der Waals surface area contributed by atoms with Crippen molar-refractivity contribution in [3.8, 4) is 0 Å². The Labute approximate surface area is 333 Å². The van der Waals surface area contributed by atoms with Gasteiger partial charge in [-0.15, -0.1) is 0 Å². The number of hydrogen-bond donors (Lipinski definition) is 3. The van der Waals surface area contributed by atoms with Crippen LogP contribution in [0.5, 0.6) is 0 Å². The Morgan fingerprint density at radius 2 is 0.981 bits per heavy atom. The number of unbranched alkanes of at least 4 members (excludes halogenated alkanes) is 21. The van der Waals surface area contributed by atoms with Gasteiger partial charge < -0.3 is 20.3 Å². The molecule has 312 valence electrons. The molecule has 0 aliphatic rings. The SMILES string of the molecule is CC/C=C/C=C/C=C\C=C/C=C/CCCC(=O)OC(CCCCCCCCC)CC(=O)NC(CO)C(O)CCCCCCCCCCCCCCCCC. The molecule has 3 N–H and O–H groups in total. The Hall–Kier alpha value is -2.44. The Bertz CT molecular complexity index is 984. The zero-order chi connectivity index (χ0) is 39.6. The van der Waals surface area contributed by atoms with Crippen LogP contribution in [-0.2, 0) is 14.3 Å². The highest BCUT2D eigenvalue weighted by Gasteiger charge is 2.24. The summed E-state index contributed by atoms with van der Waals surface area (Å²) >= 11 is 0. The Balaban J connectivity index is 4.52. The summed E-state index contributed by atoms with van der Waals surface area (Å²) in [5.74, 6) is -0.569. The maximum Gasteiger partial charge on any atom is 0.306 e. The molecule has 0 rings (SSSR count). The molecule has 0 heterocycles.